The second-order valence-corrected chi connectivity index (χ2v) is 6.57. The SMILES string of the molecule is CCCOc1ccccc1Oc1ncccc1CNC(=NC)NC1CC=CC1. The predicted molar refractivity (Wildman–Crippen MR) is 112 cm³/mol. The molecule has 0 fully saturated rings. The second kappa shape index (κ2) is 10.3. The van der Waals surface area contributed by atoms with Crippen LogP contribution in [0.4, 0.5) is 0 Å². The van der Waals surface area contributed by atoms with Crippen molar-refractivity contribution in [2.45, 2.75) is 38.8 Å². The van der Waals surface area contributed by atoms with Crippen LogP contribution in [0.5, 0.6) is 17.4 Å². The normalized spacial score (nSPS) is 14.1. The van der Waals surface area contributed by atoms with Gasteiger partial charge in [-0.2, -0.15) is 0 Å². The number of hydrogen-bond acceptors (Lipinski definition) is 4. The Labute approximate surface area is 166 Å². The van der Waals surface area contributed by atoms with E-state index in [1.54, 1.807) is 13.2 Å². The second-order valence-electron chi connectivity index (χ2n) is 6.57. The fraction of sp³-hybridized carbons (Fsp3) is 0.364. The fourth-order valence-electron chi connectivity index (χ4n) is 2.92. The Morgan fingerprint density at radius 3 is 2.68 bits per heavy atom. The van der Waals surface area contributed by atoms with E-state index in [1.807, 2.05) is 36.4 Å². The summed E-state index contributed by atoms with van der Waals surface area (Å²) in [6.07, 6.45) is 9.10. The summed E-state index contributed by atoms with van der Waals surface area (Å²) in [6.45, 7) is 3.28. The van der Waals surface area contributed by atoms with Crippen molar-refractivity contribution in [1.29, 1.82) is 0 Å². The number of hydrogen-bond donors (Lipinski definition) is 2. The van der Waals surface area contributed by atoms with E-state index < -0.39 is 0 Å². The molecule has 0 unspecified atom stereocenters. The molecule has 0 saturated carbocycles. The molecule has 0 radical (unpaired) electrons. The zero-order valence-electron chi connectivity index (χ0n) is 16.5. The smallest absolute Gasteiger partial charge is 0.224 e. The first-order valence-corrected chi connectivity index (χ1v) is 9.76. The lowest BCUT2D eigenvalue weighted by Crippen LogP contribution is -2.42. The van der Waals surface area contributed by atoms with Gasteiger partial charge < -0.3 is 20.1 Å². The molecule has 6 heteroatoms. The number of rotatable bonds is 8. The van der Waals surface area contributed by atoms with Crippen LogP contribution >= 0.6 is 0 Å². The lowest BCUT2D eigenvalue weighted by molar-refractivity contribution is 0.300. The molecule has 0 saturated heterocycles. The highest BCUT2D eigenvalue weighted by atomic mass is 16.5. The third-order valence-electron chi connectivity index (χ3n) is 4.39. The molecule has 0 spiro atoms. The number of nitrogens with zero attached hydrogens (tertiary/aromatic N) is 2. The first kappa shape index (κ1) is 19.7. The highest BCUT2D eigenvalue weighted by molar-refractivity contribution is 5.80. The molecule has 1 aromatic carbocycles. The van der Waals surface area contributed by atoms with Gasteiger partial charge in [0.15, 0.2) is 17.5 Å². The molecule has 0 bridgehead atoms. The van der Waals surface area contributed by atoms with Gasteiger partial charge in [-0.3, -0.25) is 4.99 Å². The highest BCUT2D eigenvalue weighted by Gasteiger charge is 2.13. The van der Waals surface area contributed by atoms with Crippen molar-refractivity contribution in [2.75, 3.05) is 13.7 Å². The summed E-state index contributed by atoms with van der Waals surface area (Å²) in [4.78, 5) is 8.73. The van der Waals surface area contributed by atoms with Gasteiger partial charge in [0, 0.05) is 31.4 Å². The molecule has 3 rings (SSSR count). The molecule has 1 heterocycles. The minimum atomic E-state index is 0.401. The Morgan fingerprint density at radius 1 is 1.14 bits per heavy atom. The van der Waals surface area contributed by atoms with Crippen molar-refractivity contribution in [3.05, 3.63) is 60.3 Å². The quantitative estimate of drug-likeness (QED) is 0.411. The molecule has 0 aliphatic heterocycles. The van der Waals surface area contributed by atoms with E-state index in [0.29, 0.717) is 30.8 Å². The molecule has 1 aliphatic rings. The molecule has 0 amide bonds. The van der Waals surface area contributed by atoms with E-state index >= 15 is 0 Å². The van der Waals surface area contributed by atoms with E-state index in [1.165, 1.54) is 0 Å². The number of aromatic nitrogens is 1. The van der Waals surface area contributed by atoms with Gasteiger partial charge in [0.1, 0.15) is 0 Å². The van der Waals surface area contributed by atoms with Crippen molar-refractivity contribution in [3.63, 3.8) is 0 Å². The summed E-state index contributed by atoms with van der Waals surface area (Å²) in [5.41, 5.74) is 0.945. The summed E-state index contributed by atoms with van der Waals surface area (Å²) in [6, 6.07) is 12.0. The molecule has 28 heavy (non-hydrogen) atoms. The maximum Gasteiger partial charge on any atom is 0.224 e. The van der Waals surface area contributed by atoms with Crippen LogP contribution in [0, 0.1) is 0 Å². The topological polar surface area (TPSA) is 67.8 Å². The molecule has 1 aromatic heterocycles. The number of guanidine groups is 1. The predicted octanol–water partition coefficient (Wildman–Crippen LogP) is 4.05. The average molecular weight is 380 g/mol. The van der Waals surface area contributed by atoms with Crippen molar-refractivity contribution >= 4 is 5.96 Å². The fourth-order valence-corrected chi connectivity index (χ4v) is 2.92. The third-order valence-corrected chi connectivity index (χ3v) is 4.39. The van der Waals surface area contributed by atoms with Gasteiger partial charge in [-0.15, -0.1) is 0 Å². The number of aliphatic imine (C=N–C) groups is 1. The Balaban J connectivity index is 1.66. The van der Waals surface area contributed by atoms with E-state index in [0.717, 1.165) is 36.5 Å². The van der Waals surface area contributed by atoms with Crippen molar-refractivity contribution < 1.29 is 9.47 Å². The van der Waals surface area contributed by atoms with Crippen LogP contribution in [0.1, 0.15) is 31.7 Å². The van der Waals surface area contributed by atoms with Crippen LogP contribution in [-0.4, -0.2) is 30.6 Å². The van der Waals surface area contributed by atoms with Gasteiger partial charge in [-0.25, -0.2) is 4.98 Å². The van der Waals surface area contributed by atoms with E-state index in [9.17, 15) is 0 Å². The van der Waals surface area contributed by atoms with Gasteiger partial charge in [0.25, 0.3) is 0 Å². The maximum absolute atomic E-state index is 6.09. The molecule has 148 valence electrons. The molecule has 6 nitrogen and oxygen atoms in total. The standard InChI is InChI=1S/C22H28N4O2/c1-3-15-27-19-12-6-7-13-20(19)28-21-17(9-8-14-24-21)16-25-22(23-2)26-18-10-4-5-11-18/h4-9,12-14,18H,3,10-11,15-16H2,1-2H3,(H2,23,25,26). The van der Waals surface area contributed by atoms with Gasteiger partial charge in [-0.05, 0) is 37.5 Å². The van der Waals surface area contributed by atoms with Gasteiger partial charge in [0.2, 0.25) is 5.88 Å². The number of ether oxygens (including phenoxy) is 2. The summed E-state index contributed by atoms with van der Waals surface area (Å²) in [7, 11) is 1.78. The minimum absolute atomic E-state index is 0.401. The van der Waals surface area contributed by atoms with Crippen LogP contribution in [-0.2, 0) is 6.54 Å². The molecule has 1 aliphatic carbocycles. The van der Waals surface area contributed by atoms with Crippen LogP contribution in [0.25, 0.3) is 0 Å². The van der Waals surface area contributed by atoms with Crippen molar-refractivity contribution in [1.82, 2.24) is 15.6 Å². The van der Waals surface area contributed by atoms with Gasteiger partial charge in [-0.1, -0.05) is 37.3 Å². The summed E-state index contributed by atoms with van der Waals surface area (Å²) >= 11 is 0. The number of benzene rings is 1. The van der Waals surface area contributed by atoms with Crippen molar-refractivity contribution in [2.24, 2.45) is 4.99 Å². The maximum atomic E-state index is 6.09. The number of pyridine rings is 1. The summed E-state index contributed by atoms with van der Waals surface area (Å²) in [5.74, 6) is 2.71. The van der Waals surface area contributed by atoms with E-state index in [-0.39, 0.29) is 0 Å². The van der Waals surface area contributed by atoms with Crippen LogP contribution < -0.4 is 20.1 Å². The summed E-state index contributed by atoms with van der Waals surface area (Å²) in [5, 5.41) is 6.78. The van der Waals surface area contributed by atoms with Crippen molar-refractivity contribution in [3.8, 4) is 17.4 Å². The average Bonchev–Trinajstić information content (AvgIpc) is 3.24. The molecule has 2 aromatic rings. The molecule has 0 atom stereocenters. The van der Waals surface area contributed by atoms with E-state index in [2.05, 4.69) is 39.7 Å². The largest absolute Gasteiger partial charge is 0.490 e. The monoisotopic (exact) mass is 380 g/mol. The Kier molecular flexibility index (Phi) is 7.29. The molecular weight excluding hydrogens is 352 g/mol. The molecule has 2 N–H and O–H groups in total. The van der Waals surface area contributed by atoms with Crippen LogP contribution in [0.15, 0.2) is 59.7 Å². The zero-order chi connectivity index (χ0) is 19.6. The van der Waals surface area contributed by atoms with Crippen LogP contribution in [0.3, 0.4) is 0 Å². The minimum Gasteiger partial charge on any atom is -0.490 e. The third kappa shape index (κ3) is 5.49. The first-order valence-electron chi connectivity index (χ1n) is 9.76. The molecular formula is C22H28N4O2. The lowest BCUT2D eigenvalue weighted by Gasteiger charge is -2.18. The van der Waals surface area contributed by atoms with Crippen LogP contribution in [0.2, 0.25) is 0 Å². The van der Waals surface area contributed by atoms with Gasteiger partial charge >= 0.3 is 0 Å². The highest BCUT2D eigenvalue weighted by Crippen LogP contribution is 2.31. The Morgan fingerprint density at radius 2 is 1.93 bits per heavy atom. The van der Waals surface area contributed by atoms with Gasteiger partial charge in [0.05, 0.1) is 6.61 Å². The lowest BCUT2D eigenvalue weighted by atomic mass is 10.2. The zero-order valence-corrected chi connectivity index (χ0v) is 16.5. The summed E-state index contributed by atoms with van der Waals surface area (Å²) < 4.78 is 11.9. The Bertz CT molecular complexity index is 812. The first-order chi connectivity index (χ1) is 13.8. The number of nitrogens with one attached hydrogen (secondary N) is 2. The van der Waals surface area contributed by atoms with E-state index in [4.69, 9.17) is 9.47 Å². The Hall–Kier alpha value is -3.02. The number of para-hydroxylation sites is 2.